The molecule has 0 fully saturated rings. The molecule has 13 heavy (non-hydrogen) atoms. The molecule has 7 heteroatoms. The third kappa shape index (κ3) is 8.07. The van der Waals surface area contributed by atoms with Gasteiger partial charge >= 0.3 is 0 Å². The third-order valence-electron chi connectivity index (χ3n) is 1.33. The number of hydrogen-bond donors (Lipinski definition) is 2. The van der Waals surface area contributed by atoms with E-state index in [-0.39, 0.29) is 13.1 Å². The standard InChI is InChI=1S/C6H14F2N2O2S/c1-5(6(7)8)9-3-4-10-13(2,11)12/h5-6,9-10H,3-4H2,1-2H3. The van der Waals surface area contributed by atoms with Crippen LogP contribution in [0, 0.1) is 0 Å². The van der Waals surface area contributed by atoms with Gasteiger partial charge in [0.1, 0.15) is 0 Å². The summed E-state index contributed by atoms with van der Waals surface area (Å²) in [7, 11) is -3.22. The van der Waals surface area contributed by atoms with Crippen molar-refractivity contribution in [3.05, 3.63) is 0 Å². The number of halogens is 2. The van der Waals surface area contributed by atoms with Crippen LogP contribution in [0.1, 0.15) is 6.92 Å². The molecule has 0 heterocycles. The average Bonchev–Trinajstić information content (AvgIpc) is 1.95. The van der Waals surface area contributed by atoms with Gasteiger partial charge in [-0.25, -0.2) is 21.9 Å². The molecule has 0 aliphatic carbocycles. The summed E-state index contributed by atoms with van der Waals surface area (Å²) < 4.78 is 47.0. The van der Waals surface area contributed by atoms with Crippen molar-refractivity contribution in [2.75, 3.05) is 19.3 Å². The molecule has 0 spiro atoms. The van der Waals surface area contributed by atoms with E-state index in [9.17, 15) is 17.2 Å². The molecular formula is C6H14F2N2O2S. The Morgan fingerprint density at radius 3 is 2.23 bits per heavy atom. The molecule has 2 N–H and O–H groups in total. The second-order valence-corrected chi connectivity index (χ2v) is 4.58. The Bertz CT molecular complexity index is 231. The zero-order valence-electron chi connectivity index (χ0n) is 7.55. The average molecular weight is 216 g/mol. The summed E-state index contributed by atoms with van der Waals surface area (Å²) in [6, 6.07) is -0.915. The van der Waals surface area contributed by atoms with E-state index in [1.54, 1.807) is 0 Å². The molecule has 80 valence electrons. The van der Waals surface area contributed by atoms with Gasteiger partial charge in [-0.3, -0.25) is 0 Å². The summed E-state index contributed by atoms with van der Waals surface area (Å²) in [5.74, 6) is 0. The van der Waals surface area contributed by atoms with Crippen LogP contribution in [0.2, 0.25) is 0 Å². The molecule has 1 atom stereocenters. The van der Waals surface area contributed by atoms with Crippen molar-refractivity contribution in [3.63, 3.8) is 0 Å². The minimum Gasteiger partial charge on any atom is -0.308 e. The summed E-state index contributed by atoms with van der Waals surface area (Å²) in [5, 5.41) is 2.48. The van der Waals surface area contributed by atoms with Crippen molar-refractivity contribution in [3.8, 4) is 0 Å². The molecule has 0 saturated heterocycles. The number of rotatable bonds is 6. The zero-order valence-corrected chi connectivity index (χ0v) is 8.37. The smallest absolute Gasteiger partial charge is 0.253 e. The SMILES string of the molecule is CC(NCCNS(C)(=O)=O)C(F)F. The molecule has 0 aliphatic heterocycles. The Morgan fingerprint density at radius 1 is 1.31 bits per heavy atom. The normalized spacial score (nSPS) is 14.8. The Balaban J connectivity index is 3.47. The minimum atomic E-state index is -3.22. The molecule has 0 saturated carbocycles. The topological polar surface area (TPSA) is 58.2 Å². The first kappa shape index (κ1) is 12.7. The van der Waals surface area contributed by atoms with E-state index in [1.807, 2.05) is 0 Å². The van der Waals surface area contributed by atoms with Crippen LogP contribution in [0.4, 0.5) is 8.78 Å². The van der Waals surface area contributed by atoms with Gasteiger partial charge in [0.05, 0.1) is 12.3 Å². The van der Waals surface area contributed by atoms with Crippen molar-refractivity contribution in [2.45, 2.75) is 19.4 Å². The minimum absolute atomic E-state index is 0.121. The zero-order chi connectivity index (χ0) is 10.5. The number of alkyl halides is 2. The number of sulfonamides is 1. The van der Waals surface area contributed by atoms with Crippen LogP contribution in [-0.4, -0.2) is 40.2 Å². The fraction of sp³-hybridized carbons (Fsp3) is 1.00. The van der Waals surface area contributed by atoms with Gasteiger partial charge in [-0.05, 0) is 6.92 Å². The van der Waals surface area contributed by atoms with Gasteiger partial charge in [-0.15, -0.1) is 0 Å². The van der Waals surface area contributed by atoms with Crippen LogP contribution < -0.4 is 10.0 Å². The van der Waals surface area contributed by atoms with E-state index in [2.05, 4.69) is 10.0 Å². The molecule has 0 aromatic rings. The highest BCUT2D eigenvalue weighted by atomic mass is 32.2. The van der Waals surface area contributed by atoms with Gasteiger partial charge in [0.15, 0.2) is 0 Å². The Hall–Kier alpha value is -0.270. The lowest BCUT2D eigenvalue weighted by atomic mass is 10.3. The van der Waals surface area contributed by atoms with Crippen molar-refractivity contribution < 1.29 is 17.2 Å². The molecule has 0 aromatic carbocycles. The Morgan fingerprint density at radius 2 is 1.85 bits per heavy atom. The first-order chi connectivity index (χ1) is 5.83. The fourth-order valence-corrected chi connectivity index (χ4v) is 1.10. The van der Waals surface area contributed by atoms with Gasteiger partial charge in [-0.1, -0.05) is 0 Å². The maximum atomic E-state index is 11.9. The van der Waals surface area contributed by atoms with Crippen LogP contribution in [0.5, 0.6) is 0 Å². The van der Waals surface area contributed by atoms with E-state index in [0.717, 1.165) is 6.26 Å². The molecule has 0 aliphatic rings. The van der Waals surface area contributed by atoms with Gasteiger partial charge in [-0.2, -0.15) is 0 Å². The summed E-state index contributed by atoms with van der Waals surface area (Å²) in [4.78, 5) is 0. The van der Waals surface area contributed by atoms with E-state index >= 15 is 0 Å². The van der Waals surface area contributed by atoms with Crippen LogP contribution in [-0.2, 0) is 10.0 Å². The third-order valence-corrected chi connectivity index (χ3v) is 2.06. The molecule has 1 unspecified atom stereocenters. The van der Waals surface area contributed by atoms with Gasteiger partial charge < -0.3 is 5.32 Å². The van der Waals surface area contributed by atoms with Gasteiger partial charge in [0.25, 0.3) is 6.43 Å². The van der Waals surface area contributed by atoms with Crippen molar-refractivity contribution in [1.29, 1.82) is 0 Å². The molecule has 4 nitrogen and oxygen atoms in total. The number of hydrogen-bond acceptors (Lipinski definition) is 3. The molecule has 0 bridgehead atoms. The van der Waals surface area contributed by atoms with E-state index in [1.165, 1.54) is 6.92 Å². The largest absolute Gasteiger partial charge is 0.308 e. The van der Waals surface area contributed by atoms with Crippen molar-refractivity contribution >= 4 is 10.0 Å². The summed E-state index contributed by atoms with van der Waals surface area (Å²) in [6.07, 6.45) is -1.41. The quantitative estimate of drug-likeness (QED) is 0.603. The number of nitrogens with one attached hydrogen (secondary N) is 2. The summed E-state index contributed by atoms with van der Waals surface area (Å²) in [5.41, 5.74) is 0. The Labute approximate surface area is 76.8 Å². The lowest BCUT2D eigenvalue weighted by Gasteiger charge is -2.12. The van der Waals surface area contributed by atoms with E-state index < -0.39 is 22.5 Å². The van der Waals surface area contributed by atoms with Crippen molar-refractivity contribution in [2.24, 2.45) is 0 Å². The second-order valence-electron chi connectivity index (χ2n) is 2.74. The highest BCUT2D eigenvalue weighted by molar-refractivity contribution is 7.88. The van der Waals surface area contributed by atoms with Crippen LogP contribution in [0.25, 0.3) is 0 Å². The fourth-order valence-electron chi connectivity index (χ4n) is 0.625. The van der Waals surface area contributed by atoms with Crippen LogP contribution in [0.15, 0.2) is 0 Å². The maximum Gasteiger partial charge on any atom is 0.253 e. The van der Waals surface area contributed by atoms with Crippen molar-refractivity contribution in [1.82, 2.24) is 10.0 Å². The lowest BCUT2D eigenvalue weighted by molar-refractivity contribution is 0.107. The first-order valence-corrected chi connectivity index (χ1v) is 5.68. The Kier molecular flexibility index (Phi) is 5.34. The highest BCUT2D eigenvalue weighted by Gasteiger charge is 2.12. The maximum absolute atomic E-state index is 11.9. The molecule has 0 amide bonds. The summed E-state index contributed by atoms with van der Waals surface area (Å²) in [6.45, 7) is 1.65. The second kappa shape index (κ2) is 5.46. The molecule has 0 rings (SSSR count). The van der Waals surface area contributed by atoms with E-state index in [4.69, 9.17) is 0 Å². The van der Waals surface area contributed by atoms with Crippen LogP contribution >= 0.6 is 0 Å². The lowest BCUT2D eigenvalue weighted by Crippen LogP contribution is -2.38. The summed E-state index contributed by atoms with van der Waals surface area (Å²) >= 11 is 0. The molecule has 0 radical (unpaired) electrons. The predicted molar refractivity (Wildman–Crippen MR) is 46.3 cm³/mol. The van der Waals surface area contributed by atoms with Gasteiger partial charge in [0.2, 0.25) is 10.0 Å². The monoisotopic (exact) mass is 216 g/mol. The van der Waals surface area contributed by atoms with Crippen LogP contribution in [0.3, 0.4) is 0 Å². The van der Waals surface area contributed by atoms with Gasteiger partial charge in [0, 0.05) is 13.1 Å². The predicted octanol–water partition coefficient (Wildman–Crippen LogP) is -0.221. The highest BCUT2D eigenvalue weighted by Crippen LogP contribution is 1.97. The first-order valence-electron chi connectivity index (χ1n) is 3.79. The molecule has 0 aromatic heterocycles. The van der Waals surface area contributed by atoms with E-state index in [0.29, 0.717) is 0 Å². The molecular weight excluding hydrogens is 202 g/mol.